The summed E-state index contributed by atoms with van der Waals surface area (Å²) in [5.74, 6) is 2.45. The molecule has 1 heterocycles. The molecule has 1 N–H and O–H groups in total. The fourth-order valence-electron chi connectivity index (χ4n) is 4.42. The van der Waals surface area contributed by atoms with Crippen LogP contribution in [0.4, 0.5) is 5.69 Å². The lowest BCUT2D eigenvalue weighted by Gasteiger charge is -2.25. The maximum Gasteiger partial charge on any atom is 0.132 e. The predicted molar refractivity (Wildman–Crippen MR) is 135 cm³/mol. The SMILES string of the molecule is COc1ccc(N2N=C(c3ccc4ccccc4c3O)CC2c2cc(OC)cc(OC)c2)cc1. The molecule has 5 rings (SSSR count). The molecule has 34 heavy (non-hydrogen) atoms. The second-order valence-electron chi connectivity index (χ2n) is 8.14. The van der Waals surface area contributed by atoms with Gasteiger partial charge in [-0.3, -0.25) is 5.01 Å². The Morgan fingerprint density at radius 1 is 0.794 bits per heavy atom. The highest BCUT2D eigenvalue weighted by Crippen LogP contribution is 2.41. The molecule has 6 nitrogen and oxygen atoms in total. The van der Waals surface area contributed by atoms with Crippen LogP contribution in [-0.2, 0) is 0 Å². The summed E-state index contributed by atoms with van der Waals surface area (Å²) in [4.78, 5) is 0. The van der Waals surface area contributed by atoms with E-state index in [1.807, 2.05) is 83.9 Å². The molecule has 0 amide bonds. The van der Waals surface area contributed by atoms with Crippen molar-refractivity contribution in [2.45, 2.75) is 12.5 Å². The zero-order valence-corrected chi connectivity index (χ0v) is 19.4. The molecule has 0 bridgehead atoms. The van der Waals surface area contributed by atoms with Gasteiger partial charge in [0.2, 0.25) is 0 Å². The number of phenolic OH excluding ortho intramolecular Hbond substituents is 1. The van der Waals surface area contributed by atoms with Gasteiger partial charge in [0.05, 0.1) is 38.8 Å². The molecule has 1 aliphatic rings. The van der Waals surface area contributed by atoms with Crippen molar-refractivity contribution >= 4 is 22.2 Å². The van der Waals surface area contributed by atoms with Gasteiger partial charge in [0.1, 0.15) is 23.0 Å². The van der Waals surface area contributed by atoms with Crippen molar-refractivity contribution < 1.29 is 19.3 Å². The quantitative estimate of drug-likeness (QED) is 0.391. The maximum atomic E-state index is 11.1. The number of hydrogen-bond acceptors (Lipinski definition) is 6. The van der Waals surface area contributed by atoms with E-state index in [9.17, 15) is 5.11 Å². The lowest BCUT2D eigenvalue weighted by Crippen LogP contribution is -2.18. The van der Waals surface area contributed by atoms with Gasteiger partial charge in [0, 0.05) is 23.4 Å². The third kappa shape index (κ3) is 3.88. The van der Waals surface area contributed by atoms with Crippen LogP contribution < -0.4 is 19.2 Å². The molecule has 0 fully saturated rings. The minimum atomic E-state index is -0.113. The summed E-state index contributed by atoms with van der Waals surface area (Å²) in [5.41, 5.74) is 3.47. The lowest BCUT2D eigenvalue weighted by atomic mass is 9.95. The average molecular weight is 455 g/mol. The number of anilines is 1. The molecule has 0 saturated carbocycles. The number of methoxy groups -OCH3 is 3. The number of fused-ring (bicyclic) bond motifs is 1. The molecule has 4 aromatic rings. The number of hydrogen-bond donors (Lipinski definition) is 1. The van der Waals surface area contributed by atoms with Crippen molar-refractivity contribution in [1.29, 1.82) is 0 Å². The lowest BCUT2D eigenvalue weighted by molar-refractivity contribution is 0.392. The van der Waals surface area contributed by atoms with Crippen molar-refractivity contribution in [3.05, 3.63) is 90.0 Å². The van der Waals surface area contributed by atoms with E-state index in [0.29, 0.717) is 17.9 Å². The van der Waals surface area contributed by atoms with E-state index in [0.717, 1.165) is 39.0 Å². The molecule has 0 saturated heterocycles. The van der Waals surface area contributed by atoms with E-state index in [1.54, 1.807) is 21.3 Å². The molecule has 1 atom stereocenters. The number of phenols is 1. The van der Waals surface area contributed by atoms with Crippen LogP contribution in [0.1, 0.15) is 23.6 Å². The molecule has 0 radical (unpaired) electrons. The second kappa shape index (κ2) is 8.98. The van der Waals surface area contributed by atoms with Gasteiger partial charge in [-0.25, -0.2) is 0 Å². The summed E-state index contributed by atoms with van der Waals surface area (Å²) in [5, 5.41) is 19.9. The molecule has 172 valence electrons. The predicted octanol–water partition coefficient (Wildman–Crippen LogP) is 5.93. The zero-order chi connectivity index (χ0) is 23.7. The number of hydrazone groups is 1. The molecule has 1 unspecified atom stereocenters. The van der Waals surface area contributed by atoms with E-state index >= 15 is 0 Å². The first-order valence-corrected chi connectivity index (χ1v) is 11.1. The summed E-state index contributed by atoms with van der Waals surface area (Å²) in [6.07, 6.45) is 0.605. The summed E-state index contributed by atoms with van der Waals surface area (Å²) in [6.45, 7) is 0. The Balaban J connectivity index is 1.62. The van der Waals surface area contributed by atoms with E-state index in [2.05, 4.69) is 0 Å². The molecular formula is C28H26N2O4. The van der Waals surface area contributed by atoms with Gasteiger partial charge in [0.15, 0.2) is 0 Å². The topological polar surface area (TPSA) is 63.5 Å². The summed E-state index contributed by atoms with van der Waals surface area (Å²) >= 11 is 0. The van der Waals surface area contributed by atoms with Gasteiger partial charge in [-0.05, 0) is 53.4 Å². The Kier molecular flexibility index (Phi) is 5.72. The number of benzene rings is 4. The van der Waals surface area contributed by atoms with E-state index in [1.165, 1.54) is 0 Å². The van der Waals surface area contributed by atoms with Gasteiger partial charge >= 0.3 is 0 Å². The normalized spacial score (nSPS) is 15.3. The Bertz CT molecular complexity index is 1340. The smallest absolute Gasteiger partial charge is 0.132 e. The van der Waals surface area contributed by atoms with Gasteiger partial charge in [-0.15, -0.1) is 0 Å². The first kappa shape index (κ1) is 21.6. The van der Waals surface area contributed by atoms with Crippen molar-refractivity contribution in [3.63, 3.8) is 0 Å². The fourth-order valence-corrected chi connectivity index (χ4v) is 4.42. The highest BCUT2D eigenvalue weighted by molar-refractivity contribution is 6.09. The third-order valence-electron chi connectivity index (χ3n) is 6.22. The summed E-state index contributed by atoms with van der Waals surface area (Å²) in [7, 11) is 4.93. The zero-order valence-electron chi connectivity index (χ0n) is 19.4. The van der Waals surface area contributed by atoms with Gasteiger partial charge in [0.25, 0.3) is 0 Å². The minimum Gasteiger partial charge on any atom is -0.507 e. The molecule has 0 spiro atoms. The van der Waals surface area contributed by atoms with Crippen LogP contribution >= 0.6 is 0 Å². The van der Waals surface area contributed by atoms with Crippen LogP contribution in [0.5, 0.6) is 23.0 Å². The monoisotopic (exact) mass is 454 g/mol. The molecule has 4 aromatic carbocycles. The second-order valence-corrected chi connectivity index (χ2v) is 8.14. The number of rotatable bonds is 6. The molecular weight excluding hydrogens is 428 g/mol. The van der Waals surface area contributed by atoms with Gasteiger partial charge < -0.3 is 19.3 Å². The van der Waals surface area contributed by atoms with Crippen molar-refractivity contribution in [2.24, 2.45) is 5.10 Å². The molecule has 0 aromatic heterocycles. The first-order valence-electron chi connectivity index (χ1n) is 11.1. The number of aromatic hydroxyl groups is 1. The van der Waals surface area contributed by atoms with E-state index in [4.69, 9.17) is 19.3 Å². The van der Waals surface area contributed by atoms with Crippen molar-refractivity contribution in [2.75, 3.05) is 26.3 Å². The molecule has 1 aliphatic heterocycles. The Hall–Kier alpha value is -4.19. The third-order valence-corrected chi connectivity index (χ3v) is 6.22. The number of ether oxygens (including phenoxy) is 3. The van der Waals surface area contributed by atoms with Crippen LogP contribution in [0.2, 0.25) is 0 Å². The van der Waals surface area contributed by atoms with Crippen LogP contribution in [-0.4, -0.2) is 32.1 Å². The van der Waals surface area contributed by atoms with Gasteiger partial charge in [-0.2, -0.15) is 5.10 Å². The Labute approximate surface area is 198 Å². The van der Waals surface area contributed by atoms with Crippen molar-refractivity contribution in [3.8, 4) is 23.0 Å². The Morgan fingerprint density at radius 2 is 1.47 bits per heavy atom. The largest absolute Gasteiger partial charge is 0.507 e. The fraction of sp³-hybridized carbons (Fsp3) is 0.179. The summed E-state index contributed by atoms with van der Waals surface area (Å²) < 4.78 is 16.4. The standard InChI is InChI=1S/C28H26N2O4/c1-32-21-11-9-20(10-12-21)30-27(19-14-22(33-2)16-23(15-19)34-3)17-26(29-30)25-13-8-18-6-4-5-7-24(18)28(25)31/h4-16,27,31H,17H2,1-3H3. The average Bonchev–Trinajstić information content (AvgIpc) is 3.34. The maximum absolute atomic E-state index is 11.1. The minimum absolute atomic E-state index is 0.113. The van der Waals surface area contributed by atoms with E-state index in [-0.39, 0.29) is 11.8 Å². The highest BCUT2D eigenvalue weighted by atomic mass is 16.5. The Morgan fingerprint density at radius 3 is 2.15 bits per heavy atom. The first-order chi connectivity index (χ1) is 16.6. The molecule has 0 aliphatic carbocycles. The van der Waals surface area contributed by atoms with Crippen LogP contribution in [0.3, 0.4) is 0 Å². The van der Waals surface area contributed by atoms with Crippen LogP contribution in [0, 0.1) is 0 Å². The van der Waals surface area contributed by atoms with Crippen LogP contribution in [0.15, 0.2) is 84.0 Å². The van der Waals surface area contributed by atoms with E-state index < -0.39 is 0 Å². The molecule has 6 heteroatoms. The van der Waals surface area contributed by atoms with Crippen LogP contribution in [0.25, 0.3) is 10.8 Å². The highest BCUT2D eigenvalue weighted by Gasteiger charge is 2.32. The number of nitrogens with zero attached hydrogens (tertiary/aromatic N) is 2. The van der Waals surface area contributed by atoms with Gasteiger partial charge in [-0.1, -0.05) is 30.3 Å². The van der Waals surface area contributed by atoms with Crippen molar-refractivity contribution in [1.82, 2.24) is 0 Å². The summed E-state index contributed by atoms with van der Waals surface area (Å²) in [6, 6.07) is 25.3.